The zero-order chi connectivity index (χ0) is 33.9. The molecule has 2 aliphatic rings. The van der Waals surface area contributed by atoms with E-state index in [1.807, 2.05) is 42.8 Å². The third kappa shape index (κ3) is 5.79. The number of hydrogen-bond donors (Lipinski definition) is 1. The van der Waals surface area contributed by atoms with E-state index in [4.69, 9.17) is 4.74 Å². The van der Waals surface area contributed by atoms with Crippen molar-refractivity contribution in [1.29, 1.82) is 0 Å². The average Bonchev–Trinajstić information content (AvgIpc) is 3.30. The van der Waals surface area contributed by atoms with Crippen molar-refractivity contribution in [2.45, 2.75) is 65.8 Å². The second-order valence-electron chi connectivity index (χ2n) is 13.1. The lowest BCUT2D eigenvalue weighted by Gasteiger charge is -2.27. The molecule has 2 fully saturated rings. The maximum Gasteiger partial charge on any atom is 0.248 e. The first-order chi connectivity index (χ1) is 23.0. The number of alkyl halides is 1. The highest BCUT2D eigenvalue weighted by atomic mass is 79.9. The molecule has 0 spiro atoms. The monoisotopic (exact) mass is 715 g/mol. The Hall–Kier alpha value is -4.49. The van der Waals surface area contributed by atoms with Gasteiger partial charge in [0.1, 0.15) is 29.7 Å². The summed E-state index contributed by atoms with van der Waals surface area (Å²) in [5.74, 6) is -0.346. The van der Waals surface area contributed by atoms with Crippen LogP contribution in [0.25, 0.3) is 27.7 Å². The summed E-state index contributed by atoms with van der Waals surface area (Å²) in [7, 11) is 0. The molecule has 13 heteroatoms. The number of benzene rings is 1. The molecule has 1 aliphatic heterocycles. The number of amides is 2. The minimum Gasteiger partial charge on any atom is -0.374 e. The second kappa shape index (κ2) is 12.2. The van der Waals surface area contributed by atoms with E-state index in [0.717, 1.165) is 45.4 Å². The number of carbonyl (C=O) groups is 3. The molecule has 3 atom stereocenters. The van der Waals surface area contributed by atoms with E-state index in [1.165, 1.54) is 6.92 Å². The van der Waals surface area contributed by atoms with Crippen molar-refractivity contribution < 1.29 is 23.5 Å². The van der Waals surface area contributed by atoms with E-state index >= 15 is 0 Å². The van der Waals surface area contributed by atoms with Crippen molar-refractivity contribution in [3.8, 4) is 11.1 Å². The van der Waals surface area contributed by atoms with Crippen molar-refractivity contribution in [3.63, 3.8) is 0 Å². The van der Waals surface area contributed by atoms with Gasteiger partial charge in [-0.15, -0.1) is 0 Å². The molecule has 7 rings (SSSR count). The largest absolute Gasteiger partial charge is 0.374 e. The number of anilines is 1. The number of Topliss-reactive ketones (excluding diaryl/α,β-unsaturated/α-hetero) is 1. The van der Waals surface area contributed by atoms with Crippen molar-refractivity contribution >= 4 is 55.9 Å². The highest BCUT2D eigenvalue weighted by Gasteiger charge is 2.64. The molecule has 0 bridgehead atoms. The number of ether oxygens (including phenoxy) is 1. The Morgan fingerprint density at radius 1 is 1.12 bits per heavy atom. The summed E-state index contributed by atoms with van der Waals surface area (Å²) in [6.45, 7) is 6.87. The van der Waals surface area contributed by atoms with Crippen molar-refractivity contribution in [3.05, 3.63) is 75.9 Å². The molecular formula is C35H35BrFN7O4. The molecule has 1 N–H and O–H groups in total. The lowest BCUT2D eigenvalue weighted by molar-refractivity contribution is -0.138. The Labute approximate surface area is 284 Å². The number of pyridine rings is 1. The highest BCUT2D eigenvalue weighted by Crippen LogP contribution is 2.59. The summed E-state index contributed by atoms with van der Waals surface area (Å²) in [5, 5.41) is 8.14. The van der Waals surface area contributed by atoms with Gasteiger partial charge in [0, 0.05) is 52.8 Å². The molecule has 5 aromatic rings. The van der Waals surface area contributed by atoms with Gasteiger partial charge in [-0.1, -0.05) is 13.0 Å². The summed E-state index contributed by atoms with van der Waals surface area (Å²) in [4.78, 5) is 51.5. The third-order valence-corrected chi connectivity index (χ3v) is 9.95. The quantitative estimate of drug-likeness (QED) is 0.110. The number of carbonyl (C=O) groups excluding carboxylic acids is 3. The molecule has 2 amide bonds. The van der Waals surface area contributed by atoms with Crippen LogP contribution >= 0.6 is 15.9 Å². The molecule has 0 unspecified atom stereocenters. The van der Waals surface area contributed by atoms with Crippen LogP contribution in [0.1, 0.15) is 53.9 Å². The van der Waals surface area contributed by atoms with Crippen LogP contribution in [0.2, 0.25) is 0 Å². The van der Waals surface area contributed by atoms with Crippen LogP contribution in [0.15, 0.2) is 53.5 Å². The first-order valence-corrected chi connectivity index (χ1v) is 16.6. The van der Waals surface area contributed by atoms with E-state index < -0.39 is 12.7 Å². The Morgan fingerprint density at radius 3 is 2.71 bits per heavy atom. The number of ketones is 1. The standard InChI is InChI=1S/C35H35BrFN7O4/c1-19-9-23(24-14-38-30-10-20(2)41-43(30)15-24)11-25-26(21(3)45)16-42(32(19)25)17-31(46)44-27(12-35(4)13-28(35)44)34(47)40-33-22(18-48-8-7-37)5-6-29(36)39-33/h5-6,9-11,14-16,27-28H,7-8,12-13,17-18H2,1-4H3,(H,39,40,47)/t27-,28+,35-/m0/s1. The van der Waals surface area contributed by atoms with Crippen LogP contribution in [-0.4, -0.2) is 72.0 Å². The average molecular weight is 717 g/mol. The van der Waals surface area contributed by atoms with Gasteiger partial charge in [0.2, 0.25) is 11.8 Å². The fourth-order valence-electron chi connectivity index (χ4n) is 7.09. The smallest absolute Gasteiger partial charge is 0.248 e. The number of fused-ring (bicyclic) bond motifs is 3. The van der Waals surface area contributed by atoms with E-state index in [2.05, 4.69) is 43.2 Å². The molecule has 48 heavy (non-hydrogen) atoms. The summed E-state index contributed by atoms with van der Waals surface area (Å²) in [6, 6.07) is 8.62. The number of nitrogens with zero attached hydrogens (tertiary/aromatic N) is 6. The Bertz CT molecular complexity index is 2130. The van der Waals surface area contributed by atoms with Gasteiger partial charge < -0.3 is 19.5 Å². The molecule has 248 valence electrons. The fraction of sp³-hybridized carbons (Fsp3) is 0.371. The van der Waals surface area contributed by atoms with Crippen LogP contribution < -0.4 is 5.32 Å². The van der Waals surface area contributed by atoms with Gasteiger partial charge in [-0.2, -0.15) is 5.10 Å². The lowest BCUT2D eigenvalue weighted by atomic mass is 10.0. The lowest BCUT2D eigenvalue weighted by Crippen LogP contribution is -2.46. The maximum atomic E-state index is 14.1. The first kappa shape index (κ1) is 32.1. The van der Waals surface area contributed by atoms with Gasteiger partial charge in [0.25, 0.3) is 0 Å². The molecular weight excluding hydrogens is 681 g/mol. The molecule has 0 radical (unpaired) electrons. The normalized spacial score (nSPS) is 20.0. The summed E-state index contributed by atoms with van der Waals surface area (Å²) >= 11 is 3.35. The van der Waals surface area contributed by atoms with E-state index in [9.17, 15) is 18.8 Å². The SMILES string of the molecule is CC(=O)c1cn(CC(=O)N2[C@H](C(=O)Nc3nc(Br)ccc3COCCF)C[C@@]3(C)C[C@@H]23)c2c(C)cc(-c3cnc4cc(C)nn4c3)cc12. The molecule has 1 saturated heterocycles. The van der Waals surface area contributed by atoms with Crippen molar-refractivity contribution in [2.24, 2.45) is 5.41 Å². The van der Waals surface area contributed by atoms with Gasteiger partial charge in [0.15, 0.2) is 11.4 Å². The zero-order valence-electron chi connectivity index (χ0n) is 27.1. The van der Waals surface area contributed by atoms with Crippen molar-refractivity contribution in [2.75, 3.05) is 18.6 Å². The summed E-state index contributed by atoms with van der Waals surface area (Å²) in [5.41, 5.74) is 6.01. The Kier molecular flexibility index (Phi) is 8.15. The fourth-order valence-corrected chi connectivity index (χ4v) is 7.39. The van der Waals surface area contributed by atoms with E-state index in [0.29, 0.717) is 28.0 Å². The molecule has 1 saturated carbocycles. The number of rotatable bonds is 10. The second-order valence-corrected chi connectivity index (χ2v) is 13.9. The number of piperidine rings is 1. The van der Waals surface area contributed by atoms with Crippen LogP contribution in [0.4, 0.5) is 10.2 Å². The van der Waals surface area contributed by atoms with Gasteiger partial charge in [-0.25, -0.2) is 18.9 Å². The maximum absolute atomic E-state index is 14.1. The number of hydrogen-bond acceptors (Lipinski definition) is 7. The Morgan fingerprint density at radius 2 is 1.94 bits per heavy atom. The van der Waals surface area contributed by atoms with Crippen molar-refractivity contribution in [1.82, 2.24) is 29.0 Å². The van der Waals surface area contributed by atoms with Crippen LogP contribution in [0, 0.1) is 19.3 Å². The van der Waals surface area contributed by atoms with Gasteiger partial charge in [-0.3, -0.25) is 14.4 Å². The first-order valence-electron chi connectivity index (χ1n) is 15.8. The molecule has 5 heterocycles. The van der Waals surface area contributed by atoms with Crippen LogP contribution in [0.3, 0.4) is 0 Å². The number of aryl methyl sites for hydroxylation is 2. The number of halogens is 2. The third-order valence-electron chi connectivity index (χ3n) is 9.51. The predicted octanol–water partition coefficient (Wildman–Crippen LogP) is 5.83. The van der Waals surface area contributed by atoms with Gasteiger partial charge in [-0.05, 0) is 84.3 Å². The summed E-state index contributed by atoms with van der Waals surface area (Å²) < 4.78 is 22.1. The van der Waals surface area contributed by atoms with Crippen LogP contribution in [-0.2, 0) is 27.5 Å². The van der Waals surface area contributed by atoms with Crippen LogP contribution in [0.5, 0.6) is 0 Å². The number of likely N-dealkylation sites (tertiary alicyclic amines) is 1. The van der Waals surface area contributed by atoms with E-state index in [-0.39, 0.29) is 48.8 Å². The Balaban J connectivity index is 1.17. The summed E-state index contributed by atoms with van der Waals surface area (Å²) in [6.07, 6.45) is 6.80. The zero-order valence-corrected chi connectivity index (χ0v) is 28.7. The predicted molar refractivity (Wildman–Crippen MR) is 181 cm³/mol. The number of aromatic nitrogens is 5. The highest BCUT2D eigenvalue weighted by molar-refractivity contribution is 9.10. The molecule has 1 aliphatic carbocycles. The minimum absolute atomic E-state index is 0.0299. The number of nitrogens with one attached hydrogen (secondary N) is 1. The molecule has 1 aromatic carbocycles. The molecule has 4 aromatic heterocycles. The van der Waals surface area contributed by atoms with E-state index in [1.54, 1.807) is 33.9 Å². The van der Waals surface area contributed by atoms with Gasteiger partial charge in [0.05, 0.1) is 24.4 Å². The topological polar surface area (TPSA) is 124 Å². The molecule has 11 nitrogen and oxygen atoms in total. The minimum atomic E-state index is -0.697. The van der Waals surface area contributed by atoms with Gasteiger partial charge >= 0.3 is 0 Å².